The van der Waals surface area contributed by atoms with E-state index >= 15 is 0 Å². The highest BCUT2D eigenvalue weighted by atomic mass is 32.2. The molecule has 0 amide bonds. The Kier molecular flexibility index (Phi) is 4.03. The summed E-state index contributed by atoms with van der Waals surface area (Å²) < 4.78 is 15.0. The number of methoxy groups -OCH3 is 1. The van der Waals surface area contributed by atoms with Crippen molar-refractivity contribution in [1.82, 2.24) is 0 Å². The smallest absolute Gasteiger partial charge is 0.0914 e. The maximum absolute atomic E-state index is 10.2. The van der Waals surface area contributed by atoms with Gasteiger partial charge in [0.15, 0.2) is 0 Å². The summed E-state index contributed by atoms with van der Waals surface area (Å²) in [6.45, 7) is 1.82. The molecule has 0 aromatic rings. The summed E-state index contributed by atoms with van der Waals surface area (Å²) in [5, 5.41) is 4.96. The number of hydrogen-bond acceptors (Lipinski definition) is 2. The van der Waals surface area contributed by atoms with E-state index in [1.165, 1.54) is 0 Å². The van der Waals surface area contributed by atoms with Crippen LogP contribution in [0.2, 0.25) is 0 Å². The monoisotopic (exact) mass is 137 g/mol. The number of nitrogens with two attached hydrogens (primary N) is 1. The van der Waals surface area contributed by atoms with Crippen molar-refractivity contribution in [2.45, 2.75) is 13.0 Å². The third-order valence-electron chi connectivity index (χ3n) is 0.801. The van der Waals surface area contributed by atoms with Crippen molar-refractivity contribution in [3.8, 4) is 0 Å². The number of rotatable bonds is 3. The second-order valence-corrected chi connectivity index (χ2v) is 2.69. The molecule has 0 saturated heterocycles. The first-order chi connectivity index (χ1) is 3.66. The minimum atomic E-state index is -1.22. The van der Waals surface area contributed by atoms with Gasteiger partial charge in [0.2, 0.25) is 0 Å². The van der Waals surface area contributed by atoms with E-state index in [4.69, 9.17) is 9.88 Å². The van der Waals surface area contributed by atoms with Gasteiger partial charge < -0.3 is 4.74 Å². The van der Waals surface area contributed by atoms with Gasteiger partial charge in [0, 0.05) is 7.11 Å². The molecule has 0 heterocycles. The molecule has 2 atom stereocenters. The van der Waals surface area contributed by atoms with E-state index in [-0.39, 0.29) is 6.10 Å². The lowest BCUT2D eigenvalue weighted by molar-refractivity contribution is 0.137. The average Bonchev–Trinajstić information content (AvgIpc) is 1.65. The number of ether oxygens (including phenoxy) is 1. The van der Waals surface area contributed by atoms with Crippen LogP contribution in [-0.4, -0.2) is 23.2 Å². The lowest BCUT2D eigenvalue weighted by Gasteiger charge is -2.04. The second-order valence-electron chi connectivity index (χ2n) is 1.59. The maximum atomic E-state index is 10.2. The molecular formula is C4H11NO2S. The van der Waals surface area contributed by atoms with Crippen LogP contribution >= 0.6 is 0 Å². The van der Waals surface area contributed by atoms with Crippen molar-refractivity contribution in [3.63, 3.8) is 0 Å². The lowest BCUT2D eigenvalue weighted by Crippen LogP contribution is -2.19. The molecule has 0 fully saturated rings. The minimum absolute atomic E-state index is 0.000772. The fourth-order valence-electron chi connectivity index (χ4n) is 0.299. The predicted molar refractivity (Wildman–Crippen MR) is 33.7 cm³/mol. The van der Waals surface area contributed by atoms with Crippen LogP contribution < -0.4 is 5.14 Å². The van der Waals surface area contributed by atoms with E-state index in [1.54, 1.807) is 7.11 Å². The molecule has 4 heteroatoms. The third kappa shape index (κ3) is 4.23. The Bertz CT molecular complexity index is 86.1. The standard InChI is InChI=1S/C4H11NO2S/c1-4(7-2)3-8(5)6/h4H,3,5H2,1-2H3. The van der Waals surface area contributed by atoms with Crippen LogP contribution in [0.15, 0.2) is 0 Å². The SMILES string of the molecule is COC(C)CS(N)=O. The van der Waals surface area contributed by atoms with E-state index in [1.807, 2.05) is 6.92 Å². The van der Waals surface area contributed by atoms with E-state index in [0.717, 1.165) is 0 Å². The van der Waals surface area contributed by atoms with Crippen molar-refractivity contribution in [2.75, 3.05) is 12.9 Å². The maximum Gasteiger partial charge on any atom is 0.0914 e. The van der Waals surface area contributed by atoms with E-state index in [0.29, 0.717) is 5.75 Å². The molecule has 0 spiro atoms. The van der Waals surface area contributed by atoms with Crippen LogP contribution in [0.5, 0.6) is 0 Å². The van der Waals surface area contributed by atoms with Gasteiger partial charge in [-0.15, -0.1) is 0 Å². The van der Waals surface area contributed by atoms with Crippen molar-refractivity contribution in [1.29, 1.82) is 0 Å². The normalized spacial score (nSPS) is 17.9. The summed E-state index contributed by atoms with van der Waals surface area (Å²) in [7, 11) is 0.346. The molecule has 0 aliphatic heterocycles. The zero-order valence-electron chi connectivity index (χ0n) is 5.09. The average molecular weight is 137 g/mol. The highest BCUT2D eigenvalue weighted by Gasteiger charge is 2.00. The fourth-order valence-corrected chi connectivity index (χ4v) is 0.898. The molecule has 0 bridgehead atoms. The van der Waals surface area contributed by atoms with E-state index < -0.39 is 11.0 Å². The molecule has 0 rings (SSSR count). The summed E-state index contributed by atoms with van der Waals surface area (Å²) in [4.78, 5) is 0. The van der Waals surface area contributed by atoms with Gasteiger partial charge in [0.25, 0.3) is 0 Å². The molecule has 0 aromatic carbocycles. The zero-order chi connectivity index (χ0) is 6.57. The first-order valence-electron chi connectivity index (χ1n) is 2.32. The molecule has 0 saturated carbocycles. The molecule has 0 radical (unpaired) electrons. The number of hydrogen-bond donors (Lipinski definition) is 1. The van der Waals surface area contributed by atoms with Crippen molar-refractivity contribution < 1.29 is 8.95 Å². The van der Waals surface area contributed by atoms with Crippen LogP contribution in [0, 0.1) is 0 Å². The van der Waals surface area contributed by atoms with Gasteiger partial charge in [0.05, 0.1) is 22.8 Å². The highest BCUT2D eigenvalue weighted by molar-refractivity contribution is 7.82. The van der Waals surface area contributed by atoms with Crippen molar-refractivity contribution in [3.05, 3.63) is 0 Å². The molecular weight excluding hydrogens is 126 g/mol. The Labute approximate surface area is 51.8 Å². The lowest BCUT2D eigenvalue weighted by atomic mass is 10.5. The quantitative estimate of drug-likeness (QED) is 0.577. The first-order valence-corrected chi connectivity index (χ1v) is 3.70. The van der Waals surface area contributed by atoms with E-state index in [9.17, 15) is 4.21 Å². The van der Waals surface area contributed by atoms with Gasteiger partial charge in [-0.25, -0.2) is 4.21 Å². The summed E-state index contributed by atoms with van der Waals surface area (Å²) in [5.41, 5.74) is 0. The molecule has 0 aliphatic carbocycles. The molecule has 3 nitrogen and oxygen atoms in total. The van der Waals surface area contributed by atoms with Gasteiger partial charge in [0.1, 0.15) is 0 Å². The van der Waals surface area contributed by atoms with Gasteiger partial charge in [-0.1, -0.05) is 0 Å². The Morgan fingerprint density at radius 3 is 2.50 bits per heavy atom. The summed E-state index contributed by atoms with van der Waals surface area (Å²) in [6.07, 6.45) is 0.000772. The highest BCUT2D eigenvalue weighted by Crippen LogP contribution is 1.86. The predicted octanol–water partition coefficient (Wildman–Crippen LogP) is -0.356. The van der Waals surface area contributed by atoms with Crippen molar-refractivity contribution >= 4 is 11.0 Å². The molecule has 2 unspecified atom stereocenters. The van der Waals surface area contributed by atoms with Crippen LogP contribution in [-0.2, 0) is 15.7 Å². The Morgan fingerprint density at radius 1 is 1.88 bits per heavy atom. The largest absolute Gasteiger partial charge is 0.381 e. The van der Waals surface area contributed by atoms with Gasteiger partial charge >= 0.3 is 0 Å². The van der Waals surface area contributed by atoms with Crippen molar-refractivity contribution in [2.24, 2.45) is 5.14 Å². The summed E-state index contributed by atoms with van der Waals surface area (Å²) in [5.74, 6) is 0.413. The van der Waals surface area contributed by atoms with Crippen LogP contribution in [0.1, 0.15) is 6.92 Å². The second kappa shape index (κ2) is 4.00. The third-order valence-corrected chi connectivity index (χ3v) is 1.60. The van der Waals surface area contributed by atoms with Crippen LogP contribution in [0.25, 0.3) is 0 Å². The first kappa shape index (κ1) is 8.07. The molecule has 2 N–H and O–H groups in total. The van der Waals surface area contributed by atoms with Gasteiger partial charge in [-0.2, -0.15) is 0 Å². The Hall–Kier alpha value is 0.0700. The zero-order valence-corrected chi connectivity index (χ0v) is 5.90. The topological polar surface area (TPSA) is 52.3 Å². The molecule has 0 aliphatic rings. The molecule has 0 aromatic heterocycles. The van der Waals surface area contributed by atoms with Gasteiger partial charge in [-0.05, 0) is 6.92 Å². The van der Waals surface area contributed by atoms with Gasteiger partial charge in [-0.3, -0.25) is 5.14 Å². The van der Waals surface area contributed by atoms with E-state index in [2.05, 4.69) is 0 Å². The van der Waals surface area contributed by atoms with Crippen LogP contribution in [0.4, 0.5) is 0 Å². The molecule has 8 heavy (non-hydrogen) atoms. The molecule has 50 valence electrons. The fraction of sp³-hybridized carbons (Fsp3) is 1.00. The Morgan fingerprint density at radius 2 is 2.38 bits per heavy atom. The summed E-state index contributed by atoms with van der Waals surface area (Å²) in [6, 6.07) is 0. The van der Waals surface area contributed by atoms with Crippen LogP contribution in [0.3, 0.4) is 0 Å². The Balaban J connectivity index is 3.24. The minimum Gasteiger partial charge on any atom is -0.381 e. The summed E-state index contributed by atoms with van der Waals surface area (Å²) >= 11 is 0.